The number of imidazole rings is 1. The third-order valence-electron chi connectivity index (χ3n) is 12.4. The second kappa shape index (κ2) is 15.9. The number of pyridine rings is 2. The molecule has 0 aliphatic heterocycles. The Labute approximate surface area is 395 Å². The van der Waals surface area contributed by atoms with E-state index in [9.17, 15) is 0 Å². The molecular weight excluding hydrogens is 1010 g/mol. The second-order valence-electron chi connectivity index (χ2n) is 16.3. The van der Waals surface area contributed by atoms with Crippen LogP contribution in [-0.2, 0) is 19.4 Å². The Morgan fingerprint density at radius 2 is 1.12 bits per heavy atom. The van der Waals surface area contributed by atoms with E-state index in [1.807, 2.05) is 48.7 Å². The molecule has 0 saturated heterocycles. The Morgan fingerprint density at radius 3 is 1.88 bits per heavy atom. The van der Waals surface area contributed by atoms with Gasteiger partial charge in [-0.25, -0.2) is 0 Å². The van der Waals surface area contributed by atoms with E-state index in [1.165, 1.54) is 0 Å². The number of furan rings is 1. The van der Waals surface area contributed by atoms with Crippen molar-refractivity contribution in [1.82, 2.24) is 23.7 Å². The van der Waals surface area contributed by atoms with Crippen molar-refractivity contribution in [3.63, 3.8) is 0 Å². The number of para-hydroxylation sites is 4. The van der Waals surface area contributed by atoms with Crippen molar-refractivity contribution < 1.29 is 28.5 Å². The van der Waals surface area contributed by atoms with E-state index in [-0.39, 0.29) is 0 Å². The van der Waals surface area contributed by atoms with Crippen molar-refractivity contribution in [2.75, 3.05) is 0 Å². The molecule has 0 saturated carbocycles. The predicted molar refractivity (Wildman–Crippen MR) is 264 cm³/mol. The molecule has 0 unspecified atom stereocenters. The minimum absolute atomic E-state index is 0.569. The van der Waals surface area contributed by atoms with Gasteiger partial charge in [-0.1, -0.05) is 24.3 Å². The summed E-state index contributed by atoms with van der Waals surface area (Å²) in [4.78, 5) is 9.72. The van der Waals surface area contributed by atoms with Gasteiger partial charge in [0, 0.05) is 18.0 Å². The summed E-state index contributed by atoms with van der Waals surface area (Å²) < 4.78 is 20.6. The Balaban J connectivity index is 0.901. The summed E-state index contributed by atoms with van der Waals surface area (Å²) in [5, 5.41) is 3.13. The van der Waals surface area contributed by atoms with E-state index in [0.717, 1.165) is 109 Å². The monoisotopic (exact) mass is 1040 g/mol. The van der Waals surface area contributed by atoms with Crippen LogP contribution in [0.25, 0.3) is 105 Å². The summed E-state index contributed by atoms with van der Waals surface area (Å²) in [6.07, 6.45) is 3.72. The predicted octanol–water partition coefficient (Wildman–Crippen LogP) is 14.7. The number of ether oxygens (including phenoxy) is 1. The van der Waals surface area contributed by atoms with E-state index in [0.29, 0.717) is 11.5 Å². The number of hydrogen-bond donors (Lipinski definition) is 0. The van der Waals surface area contributed by atoms with Gasteiger partial charge < -0.3 is 4.42 Å². The summed E-state index contributed by atoms with van der Waals surface area (Å²) >= 11 is 2.47. The van der Waals surface area contributed by atoms with Gasteiger partial charge in [0.25, 0.3) is 0 Å². The summed E-state index contributed by atoms with van der Waals surface area (Å²) in [5.74, 6) is 1.91. The molecule has 0 fully saturated rings. The van der Waals surface area contributed by atoms with Crippen LogP contribution in [-0.4, -0.2) is 23.7 Å². The third kappa shape index (κ3) is 6.50. The molecule has 0 N–H and O–H groups in total. The molecule has 8 heteroatoms. The fourth-order valence-electron chi connectivity index (χ4n) is 9.51. The van der Waals surface area contributed by atoms with Gasteiger partial charge in [0.1, 0.15) is 11.1 Å². The molecule has 67 heavy (non-hydrogen) atoms. The fourth-order valence-corrected chi connectivity index (χ4v) is 10.6. The van der Waals surface area contributed by atoms with Crippen LogP contribution in [0.2, 0.25) is 0 Å². The standard InChI is InChI=1S/C59H35N5O2.Pt/c1-3-15-39(16-4-1)46-23-12-24-47(40-17-5-2-6-18-40)59(46)63-38-62(51-26-9-10-27-52(51)63)42-19-11-20-43(35-42)65-44-31-32-49-48-21-7-8-25-50(48)64(53(49)36-44)56-33-30-41(37-61-56)45-22-13-28-54-57(45)58-55(66-54)29-14-34-60-58;/h1-34,37H;/q-2;. The Kier molecular flexibility index (Phi) is 9.29. The maximum absolute atomic E-state index is 6.70. The van der Waals surface area contributed by atoms with Crippen molar-refractivity contribution in [3.8, 4) is 62.1 Å². The minimum atomic E-state index is 0.569. The molecule has 8 aromatic carbocycles. The molecule has 13 aromatic rings. The van der Waals surface area contributed by atoms with Gasteiger partial charge in [-0.05, 0) is 29.8 Å². The average Bonchev–Trinajstić information content (AvgIpc) is 4.03. The van der Waals surface area contributed by atoms with Gasteiger partial charge in [-0.2, -0.15) is 0 Å². The molecule has 7 nitrogen and oxygen atoms in total. The van der Waals surface area contributed by atoms with Crippen LogP contribution in [0.5, 0.6) is 11.5 Å². The molecule has 0 amide bonds. The SMILES string of the molecule is [Pt]=[c]1n(-c2[c-]c(Oc3[c-]c4c(cc3)c3ccccc3n4-c3ccc(-c4cccc5oc6cccnc6c45)cn3)ccc2)c2ccccc2n1-c1c(-c2ccccc2)cccc1-c1ccccc1. The molecule has 0 bridgehead atoms. The van der Waals surface area contributed by atoms with Crippen LogP contribution in [0.15, 0.2) is 217 Å². The molecule has 5 aromatic heterocycles. The molecule has 0 spiro atoms. The first-order valence-electron chi connectivity index (χ1n) is 22.0. The van der Waals surface area contributed by atoms with Crippen LogP contribution in [0.3, 0.4) is 0 Å². The van der Waals surface area contributed by atoms with Gasteiger partial charge >= 0.3 is 294 Å². The molecule has 0 aliphatic rings. The van der Waals surface area contributed by atoms with Crippen LogP contribution in [0.4, 0.5) is 0 Å². The van der Waals surface area contributed by atoms with Gasteiger partial charge in [-0.3, -0.25) is 4.98 Å². The van der Waals surface area contributed by atoms with E-state index in [2.05, 4.69) is 208 Å². The quantitative estimate of drug-likeness (QED) is 0.142. The molecule has 0 radical (unpaired) electrons. The van der Waals surface area contributed by atoms with Crippen LogP contribution < -0.4 is 4.74 Å². The molecule has 0 atom stereocenters. The molecule has 0 aliphatic carbocycles. The number of aromatic nitrogens is 5. The van der Waals surface area contributed by atoms with E-state index < -0.39 is 0 Å². The average molecular weight is 1040 g/mol. The second-order valence-corrected chi connectivity index (χ2v) is 17.3. The van der Waals surface area contributed by atoms with E-state index in [1.54, 1.807) is 6.20 Å². The van der Waals surface area contributed by atoms with Crippen molar-refractivity contribution in [2.24, 2.45) is 0 Å². The van der Waals surface area contributed by atoms with Gasteiger partial charge in [-0.15, -0.1) is 0 Å². The normalized spacial score (nSPS) is 11.7. The topological polar surface area (TPSA) is 62.9 Å². The maximum atomic E-state index is 6.70. The summed E-state index contributed by atoms with van der Waals surface area (Å²) in [6, 6.07) is 76.3. The first-order chi connectivity index (χ1) is 33.2. The summed E-state index contributed by atoms with van der Waals surface area (Å²) in [5.41, 5.74) is 14.9. The zero-order valence-electron chi connectivity index (χ0n) is 35.6. The number of fused-ring (bicyclic) bond motifs is 7. The van der Waals surface area contributed by atoms with Crippen molar-refractivity contribution in [1.29, 1.82) is 0 Å². The number of nitrogens with zero attached hydrogens (tertiary/aromatic N) is 5. The third-order valence-corrected chi connectivity index (χ3v) is 13.5. The molecule has 13 rings (SSSR count). The van der Waals surface area contributed by atoms with Crippen molar-refractivity contribution in [3.05, 3.63) is 229 Å². The summed E-state index contributed by atoms with van der Waals surface area (Å²) in [7, 11) is 0. The van der Waals surface area contributed by atoms with Crippen LogP contribution in [0.1, 0.15) is 0 Å². The number of hydrogen-bond acceptors (Lipinski definition) is 4. The molecule has 320 valence electrons. The van der Waals surface area contributed by atoms with Crippen LogP contribution in [0, 0.1) is 15.9 Å². The van der Waals surface area contributed by atoms with E-state index >= 15 is 0 Å². The summed E-state index contributed by atoms with van der Waals surface area (Å²) in [6.45, 7) is 0. The first-order valence-corrected chi connectivity index (χ1v) is 23.1. The zero-order valence-corrected chi connectivity index (χ0v) is 37.8. The first kappa shape index (κ1) is 39.0. The van der Waals surface area contributed by atoms with Crippen LogP contribution >= 0.6 is 0 Å². The van der Waals surface area contributed by atoms with Crippen molar-refractivity contribution in [2.45, 2.75) is 0 Å². The van der Waals surface area contributed by atoms with Gasteiger partial charge in [0.15, 0.2) is 5.58 Å². The fraction of sp³-hybridized carbons (Fsp3) is 0. The Morgan fingerprint density at radius 1 is 0.463 bits per heavy atom. The Hall–Kier alpha value is -8.38. The van der Waals surface area contributed by atoms with Crippen molar-refractivity contribution >= 4 is 54.9 Å². The number of benzene rings is 8. The van der Waals surface area contributed by atoms with Gasteiger partial charge in [0.2, 0.25) is 0 Å². The molecule has 5 heterocycles. The molecular formula is C59H35N5O2Pt-2. The zero-order chi connectivity index (χ0) is 44.4. The van der Waals surface area contributed by atoms with Gasteiger partial charge in [0.05, 0.1) is 5.39 Å². The van der Waals surface area contributed by atoms with E-state index in [4.69, 9.17) is 14.1 Å². The number of rotatable bonds is 8. The Bertz CT molecular complexity index is 4040.